The third kappa shape index (κ3) is 1.92. The molecule has 1 aliphatic carbocycles. The van der Waals surface area contributed by atoms with Crippen LogP contribution in [0.15, 0.2) is 49.1 Å². The number of benzene rings is 2. The topological polar surface area (TPSA) is 69.4 Å². The Hall–Kier alpha value is -2.88. The lowest BCUT2D eigenvalue weighted by Crippen LogP contribution is -2.23. The van der Waals surface area contributed by atoms with Crippen LogP contribution in [0.4, 0.5) is 5.69 Å². The van der Waals surface area contributed by atoms with E-state index in [-0.39, 0.29) is 35.0 Å². The van der Waals surface area contributed by atoms with Gasteiger partial charge in [0.1, 0.15) is 12.4 Å². The van der Waals surface area contributed by atoms with E-state index in [1.165, 1.54) is 0 Å². The lowest BCUT2D eigenvalue weighted by Gasteiger charge is -2.21. The maximum absolute atomic E-state index is 12.7. The summed E-state index contributed by atoms with van der Waals surface area (Å²) in [6, 6.07) is 9.91. The number of rotatable bonds is 3. The highest BCUT2D eigenvalue weighted by molar-refractivity contribution is 6.30. The van der Waals surface area contributed by atoms with Gasteiger partial charge in [-0.2, -0.15) is 0 Å². The van der Waals surface area contributed by atoms with Crippen molar-refractivity contribution < 1.29 is 14.3 Å². The zero-order chi connectivity index (χ0) is 15.0. The minimum absolute atomic E-state index is 0.222. The molecule has 21 heavy (non-hydrogen) atoms. The zero-order valence-electron chi connectivity index (χ0n) is 11.3. The Morgan fingerprint density at radius 2 is 1.62 bits per heavy atom. The molecule has 4 nitrogen and oxygen atoms in total. The van der Waals surface area contributed by atoms with Crippen molar-refractivity contribution in [2.75, 3.05) is 12.3 Å². The maximum atomic E-state index is 12.7. The van der Waals surface area contributed by atoms with E-state index in [1.807, 2.05) is 0 Å². The largest absolute Gasteiger partial charge is 0.489 e. The summed E-state index contributed by atoms with van der Waals surface area (Å²) in [4.78, 5) is 25.3. The Bertz CT molecular complexity index is 778. The van der Waals surface area contributed by atoms with Crippen LogP contribution >= 0.6 is 0 Å². The van der Waals surface area contributed by atoms with Crippen LogP contribution in [0.2, 0.25) is 0 Å². The molecule has 0 radical (unpaired) electrons. The standard InChI is InChI=1S/C17H13NO3/c1-2-9-21-13-8-7-12(18)14-15(13)17(20)11-6-4-3-5-10(11)16(14)19/h2-8H,1,9,18H2. The Morgan fingerprint density at radius 3 is 2.24 bits per heavy atom. The van der Waals surface area contributed by atoms with Crippen LogP contribution in [-0.4, -0.2) is 18.2 Å². The molecule has 0 aromatic heterocycles. The Labute approximate surface area is 121 Å². The number of hydrogen-bond acceptors (Lipinski definition) is 4. The fraction of sp³-hybridized carbons (Fsp3) is 0.0588. The first kappa shape index (κ1) is 13.1. The van der Waals surface area contributed by atoms with Crippen molar-refractivity contribution in [1.29, 1.82) is 0 Å². The Kier molecular flexibility index (Phi) is 3.06. The first-order valence-electron chi connectivity index (χ1n) is 6.49. The van der Waals surface area contributed by atoms with Crippen molar-refractivity contribution >= 4 is 17.3 Å². The second-order valence-electron chi connectivity index (χ2n) is 4.71. The summed E-state index contributed by atoms with van der Waals surface area (Å²) in [6.45, 7) is 3.82. The number of anilines is 1. The average molecular weight is 279 g/mol. The van der Waals surface area contributed by atoms with Gasteiger partial charge in [0.15, 0.2) is 11.6 Å². The summed E-state index contributed by atoms with van der Waals surface area (Å²) in [5, 5.41) is 0. The quantitative estimate of drug-likeness (QED) is 0.591. The van der Waals surface area contributed by atoms with Crippen molar-refractivity contribution in [1.82, 2.24) is 0 Å². The van der Waals surface area contributed by atoms with E-state index in [0.717, 1.165) is 0 Å². The SMILES string of the molecule is C=CCOc1ccc(N)c2c1C(=O)c1ccccc1C2=O. The first-order valence-corrected chi connectivity index (χ1v) is 6.49. The average Bonchev–Trinajstić information content (AvgIpc) is 2.51. The predicted molar refractivity (Wildman–Crippen MR) is 79.9 cm³/mol. The Balaban J connectivity index is 2.26. The van der Waals surface area contributed by atoms with Gasteiger partial charge < -0.3 is 10.5 Å². The normalized spacial score (nSPS) is 12.6. The fourth-order valence-corrected chi connectivity index (χ4v) is 2.49. The van der Waals surface area contributed by atoms with Crippen molar-refractivity contribution in [2.24, 2.45) is 0 Å². The molecule has 2 aromatic carbocycles. The predicted octanol–water partition coefficient (Wildman–Crippen LogP) is 2.61. The summed E-state index contributed by atoms with van der Waals surface area (Å²) in [6.07, 6.45) is 1.58. The highest BCUT2D eigenvalue weighted by Gasteiger charge is 2.33. The van der Waals surface area contributed by atoms with Gasteiger partial charge in [0.05, 0.1) is 11.1 Å². The molecule has 2 aromatic rings. The number of ketones is 2. The van der Waals surface area contributed by atoms with E-state index in [1.54, 1.807) is 42.5 Å². The molecule has 0 unspecified atom stereocenters. The molecule has 0 fully saturated rings. The molecule has 2 N–H and O–H groups in total. The summed E-state index contributed by atoms with van der Waals surface area (Å²) in [7, 11) is 0. The lowest BCUT2D eigenvalue weighted by molar-refractivity contribution is 0.0976. The summed E-state index contributed by atoms with van der Waals surface area (Å²) < 4.78 is 5.50. The van der Waals surface area contributed by atoms with Crippen LogP contribution in [0.25, 0.3) is 0 Å². The number of hydrogen-bond donors (Lipinski definition) is 1. The van der Waals surface area contributed by atoms with E-state index >= 15 is 0 Å². The van der Waals surface area contributed by atoms with Gasteiger partial charge in [-0.3, -0.25) is 9.59 Å². The van der Waals surface area contributed by atoms with Gasteiger partial charge in [-0.1, -0.05) is 36.9 Å². The molecule has 0 saturated heterocycles. The molecule has 0 saturated carbocycles. The highest BCUT2D eigenvalue weighted by atomic mass is 16.5. The van der Waals surface area contributed by atoms with Gasteiger partial charge in [0, 0.05) is 16.8 Å². The van der Waals surface area contributed by atoms with Crippen LogP contribution in [-0.2, 0) is 0 Å². The van der Waals surface area contributed by atoms with Gasteiger partial charge >= 0.3 is 0 Å². The number of carbonyl (C=O) groups excluding carboxylic acids is 2. The van der Waals surface area contributed by atoms with E-state index in [0.29, 0.717) is 16.9 Å². The number of nitrogen functional groups attached to an aromatic ring is 1. The third-order valence-corrected chi connectivity index (χ3v) is 3.43. The van der Waals surface area contributed by atoms with Crippen LogP contribution in [0.5, 0.6) is 5.75 Å². The second kappa shape index (κ2) is 4.90. The number of nitrogens with two attached hydrogens (primary N) is 1. The highest BCUT2D eigenvalue weighted by Crippen LogP contribution is 2.36. The van der Waals surface area contributed by atoms with Crippen LogP contribution in [0, 0.1) is 0 Å². The number of fused-ring (bicyclic) bond motifs is 2. The monoisotopic (exact) mass is 279 g/mol. The van der Waals surface area contributed by atoms with Crippen molar-refractivity contribution in [3.8, 4) is 5.75 Å². The van der Waals surface area contributed by atoms with Crippen molar-refractivity contribution in [2.45, 2.75) is 0 Å². The summed E-state index contributed by atoms with van der Waals surface area (Å²) >= 11 is 0. The Morgan fingerprint density at radius 1 is 1.00 bits per heavy atom. The molecule has 1 aliphatic rings. The second-order valence-corrected chi connectivity index (χ2v) is 4.71. The smallest absolute Gasteiger partial charge is 0.198 e. The molecular formula is C17H13NO3. The molecule has 3 rings (SSSR count). The van der Waals surface area contributed by atoms with E-state index in [4.69, 9.17) is 10.5 Å². The minimum atomic E-state index is -0.248. The third-order valence-electron chi connectivity index (χ3n) is 3.43. The van der Waals surface area contributed by atoms with Crippen LogP contribution in [0.1, 0.15) is 31.8 Å². The number of ether oxygens (including phenoxy) is 1. The number of carbonyl (C=O) groups is 2. The van der Waals surface area contributed by atoms with Crippen LogP contribution in [0.3, 0.4) is 0 Å². The van der Waals surface area contributed by atoms with Gasteiger partial charge in [0.25, 0.3) is 0 Å². The van der Waals surface area contributed by atoms with Gasteiger partial charge in [-0.05, 0) is 12.1 Å². The summed E-state index contributed by atoms with van der Waals surface area (Å²) in [5.74, 6) is -0.139. The fourth-order valence-electron chi connectivity index (χ4n) is 2.49. The molecular weight excluding hydrogens is 266 g/mol. The lowest BCUT2D eigenvalue weighted by atomic mass is 9.83. The van der Waals surface area contributed by atoms with Crippen molar-refractivity contribution in [3.05, 3.63) is 71.3 Å². The van der Waals surface area contributed by atoms with E-state index in [2.05, 4.69) is 6.58 Å². The molecule has 104 valence electrons. The molecule has 0 bridgehead atoms. The van der Waals surface area contributed by atoms with E-state index < -0.39 is 0 Å². The van der Waals surface area contributed by atoms with Gasteiger partial charge in [0.2, 0.25) is 0 Å². The van der Waals surface area contributed by atoms with E-state index in [9.17, 15) is 9.59 Å². The first-order chi connectivity index (χ1) is 10.1. The van der Waals surface area contributed by atoms with Gasteiger partial charge in [-0.15, -0.1) is 0 Å². The molecule has 0 amide bonds. The van der Waals surface area contributed by atoms with Gasteiger partial charge in [-0.25, -0.2) is 0 Å². The van der Waals surface area contributed by atoms with Crippen LogP contribution < -0.4 is 10.5 Å². The molecule has 0 atom stereocenters. The minimum Gasteiger partial charge on any atom is -0.489 e. The maximum Gasteiger partial charge on any atom is 0.198 e. The molecule has 0 heterocycles. The zero-order valence-corrected chi connectivity index (χ0v) is 11.3. The summed E-state index contributed by atoms with van der Waals surface area (Å²) in [5.41, 5.74) is 7.40. The molecule has 0 spiro atoms. The molecule has 0 aliphatic heterocycles. The molecule has 4 heteroatoms. The van der Waals surface area contributed by atoms with Crippen molar-refractivity contribution in [3.63, 3.8) is 0 Å².